The second-order valence-electron chi connectivity index (χ2n) is 10.5. The van der Waals surface area contributed by atoms with Crippen LogP contribution >= 0.6 is 0 Å². The molecule has 6 heteroatoms. The van der Waals surface area contributed by atoms with E-state index in [0.29, 0.717) is 37.8 Å². The molecule has 4 aliphatic rings. The Kier molecular flexibility index (Phi) is 6.55. The van der Waals surface area contributed by atoms with Gasteiger partial charge in [0.15, 0.2) is 0 Å². The molecular formula is C27H36FN3O2. The van der Waals surface area contributed by atoms with Crippen molar-refractivity contribution in [2.24, 2.45) is 5.92 Å². The van der Waals surface area contributed by atoms with Gasteiger partial charge in [-0.25, -0.2) is 4.39 Å². The maximum Gasteiger partial charge on any atom is 0.255 e. The molecule has 1 unspecified atom stereocenters. The van der Waals surface area contributed by atoms with Gasteiger partial charge in [0.25, 0.3) is 5.91 Å². The average Bonchev–Trinajstić information content (AvgIpc) is 3.12. The number of alkyl halides is 1. The van der Waals surface area contributed by atoms with Crippen LogP contribution < -0.4 is 10.6 Å². The van der Waals surface area contributed by atoms with Crippen LogP contribution in [-0.4, -0.2) is 41.0 Å². The first-order chi connectivity index (χ1) is 16.0. The Morgan fingerprint density at radius 3 is 2.58 bits per heavy atom. The minimum Gasteiger partial charge on any atom is -0.329 e. The standard InChI is InChI=1S/C27H36FN3O2/c1-17-10-13-25(26(32)29-17)31-16-20-15-18(11-12-21(20)27(31)33)14-19-6-2-4-8-23(19)30-24-9-5-3-7-22(24)28/h11-12,15,19,22-25,30H,1-10,13-14,16H2,(H,29,32)/t19-,22-,23+,24+,25?/m1/s1. The van der Waals surface area contributed by atoms with Crippen molar-refractivity contribution in [3.8, 4) is 0 Å². The molecule has 2 N–H and O–H groups in total. The summed E-state index contributed by atoms with van der Waals surface area (Å²) in [7, 11) is 0. The summed E-state index contributed by atoms with van der Waals surface area (Å²) in [5.41, 5.74) is 3.71. The highest BCUT2D eigenvalue weighted by atomic mass is 19.1. The van der Waals surface area contributed by atoms with Crippen molar-refractivity contribution in [2.75, 3.05) is 0 Å². The molecule has 0 spiro atoms. The monoisotopic (exact) mass is 453 g/mol. The number of benzene rings is 1. The fourth-order valence-corrected chi connectivity index (χ4v) is 6.36. The molecule has 0 radical (unpaired) electrons. The van der Waals surface area contributed by atoms with Gasteiger partial charge in [-0.15, -0.1) is 0 Å². The second-order valence-corrected chi connectivity index (χ2v) is 10.5. The Bertz CT molecular complexity index is 932. The van der Waals surface area contributed by atoms with E-state index in [0.717, 1.165) is 55.3 Å². The molecule has 178 valence electrons. The van der Waals surface area contributed by atoms with E-state index in [4.69, 9.17) is 0 Å². The summed E-state index contributed by atoms with van der Waals surface area (Å²) in [6.07, 6.45) is 10.1. The fourth-order valence-electron chi connectivity index (χ4n) is 6.36. The molecular weight excluding hydrogens is 417 g/mol. The van der Waals surface area contributed by atoms with Crippen LogP contribution in [0.3, 0.4) is 0 Å². The number of allylic oxidation sites excluding steroid dienone is 1. The van der Waals surface area contributed by atoms with Gasteiger partial charge in [-0.1, -0.05) is 44.4 Å². The highest BCUT2D eigenvalue weighted by Crippen LogP contribution is 2.33. The Hall–Kier alpha value is -2.21. The first kappa shape index (κ1) is 22.6. The maximum atomic E-state index is 14.5. The number of nitrogens with one attached hydrogen (secondary N) is 2. The van der Waals surface area contributed by atoms with Crippen LogP contribution in [0.1, 0.15) is 85.7 Å². The third-order valence-corrected chi connectivity index (χ3v) is 8.22. The number of fused-ring (bicyclic) bond motifs is 1. The minimum absolute atomic E-state index is 0.00766. The topological polar surface area (TPSA) is 61.4 Å². The number of piperidine rings is 1. The van der Waals surface area contributed by atoms with Crippen LogP contribution in [-0.2, 0) is 17.8 Å². The highest BCUT2D eigenvalue weighted by molar-refractivity contribution is 6.01. The van der Waals surface area contributed by atoms with Gasteiger partial charge in [0.05, 0.1) is 0 Å². The predicted octanol–water partition coefficient (Wildman–Crippen LogP) is 4.41. The number of hydrogen-bond donors (Lipinski definition) is 2. The van der Waals surface area contributed by atoms with E-state index in [9.17, 15) is 14.0 Å². The molecule has 0 bridgehead atoms. The molecule has 3 fully saturated rings. The summed E-state index contributed by atoms with van der Waals surface area (Å²) in [5, 5.41) is 6.51. The molecule has 5 rings (SSSR count). The van der Waals surface area contributed by atoms with E-state index < -0.39 is 12.2 Å². The van der Waals surface area contributed by atoms with E-state index in [1.54, 1.807) is 4.90 Å². The Morgan fingerprint density at radius 2 is 1.79 bits per heavy atom. The summed E-state index contributed by atoms with van der Waals surface area (Å²) >= 11 is 0. The molecule has 0 aromatic heterocycles. The van der Waals surface area contributed by atoms with Gasteiger partial charge < -0.3 is 15.5 Å². The van der Waals surface area contributed by atoms with Crippen LogP contribution in [0.2, 0.25) is 0 Å². The second kappa shape index (κ2) is 9.57. The van der Waals surface area contributed by atoms with Crippen molar-refractivity contribution < 1.29 is 14.0 Å². The van der Waals surface area contributed by atoms with Gasteiger partial charge in [0, 0.05) is 29.9 Å². The third kappa shape index (κ3) is 4.72. The zero-order chi connectivity index (χ0) is 22.9. The smallest absolute Gasteiger partial charge is 0.255 e. The summed E-state index contributed by atoms with van der Waals surface area (Å²) in [4.78, 5) is 27.2. The summed E-state index contributed by atoms with van der Waals surface area (Å²) in [6, 6.07) is 6.13. The van der Waals surface area contributed by atoms with E-state index >= 15 is 0 Å². The van der Waals surface area contributed by atoms with Crippen LogP contribution in [0, 0.1) is 5.92 Å². The normalized spacial score (nSPS) is 32.6. The summed E-state index contributed by atoms with van der Waals surface area (Å²) < 4.78 is 14.5. The molecule has 1 aromatic carbocycles. The molecule has 2 heterocycles. The molecule has 5 nitrogen and oxygen atoms in total. The first-order valence-electron chi connectivity index (χ1n) is 12.8. The molecule has 2 aliphatic heterocycles. The third-order valence-electron chi connectivity index (χ3n) is 8.22. The maximum absolute atomic E-state index is 14.5. The van der Waals surface area contributed by atoms with Gasteiger partial charge in [-0.3, -0.25) is 9.59 Å². The molecule has 2 amide bonds. The molecule has 2 aliphatic carbocycles. The minimum atomic E-state index is -0.715. The molecule has 5 atom stereocenters. The van der Waals surface area contributed by atoms with Gasteiger partial charge in [0.1, 0.15) is 12.2 Å². The number of hydrogen-bond acceptors (Lipinski definition) is 3. The lowest BCUT2D eigenvalue weighted by Crippen LogP contribution is -2.49. The SMILES string of the molecule is C=C1CCC(N2Cc3cc(C[C@H]4CCCC[C@@H]4N[C@H]4CCCC[C@H]4F)ccc3C2=O)C(=O)N1. The van der Waals surface area contributed by atoms with Crippen molar-refractivity contribution in [1.29, 1.82) is 0 Å². The van der Waals surface area contributed by atoms with E-state index in [1.807, 2.05) is 6.07 Å². The number of nitrogens with zero attached hydrogens (tertiary/aromatic N) is 1. The number of rotatable bonds is 5. The van der Waals surface area contributed by atoms with Crippen molar-refractivity contribution in [3.05, 3.63) is 47.2 Å². The number of carbonyl (C=O) groups is 2. The quantitative estimate of drug-likeness (QED) is 0.694. The van der Waals surface area contributed by atoms with Crippen molar-refractivity contribution in [1.82, 2.24) is 15.5 Å². The summed E-state index contributed by atoms with van der Waals surface area (Å²) in [6.45, 7) is 4.33. The van der Waals surface area contributed by atoms with E-state index in [1.165, 1.54) is 18.4 Å². The van der Waals surface area contributed by atoms with E-state index in [2.05, 4.69) is 29.3 Å². The lowest BCUT2D eigenvalue weighted by molar-refractivity contribution is -0.126. The predicted molar refractivity (Wildman–Crippen MR) is 126 cm³/mol. The largest absolute Gasteiger partial charge is 0.329 e. The fraction of sp³-hybridized carbons (Fsp3) is 0.630. The first-order valence-corrected chi connectivity index (χ1v) is 12.8. The molecule has 1 saturated heterocycles. The number of halogens is 1. The highest BCUT2D eigenvalue weighted by Gasteiger charge is 2.38. The van der Waals surface area contributed by atoms with Crippen molar-refractivity contribution in [2.45, 2.75) is 101 Å². The van der Waals surface area contributed by atoms with Gasteiger partial charge >= 0.3 is 0 Å². The van der Waals surface area contributed by atoms with Gasteiger partial charge in [-0.2, -0.15) is 0 Å². The van der Waals surface area contributed by atoms with Gasteiger partial charge in [0.2, 0.25) is 5.91 Å². The Morgan fingerprint density at radius 1 is 1.03 bits per heavy atom. The molecule has 2 saturated carbocycles. The van der Waals surface area contributed by atoms with Crippen LogP contribution in [0.15, 0.2) is 30.5 Å². The van der Waals surface area contributed by atoms with E-state index in [-0.39, 0.29) is 17.9 Å². The number of carbonyl (C=O) groups excluding carboxylic acids is 2. The lowest BCUT2D eigenvalue weighted by Gasteiger charge is -2.37. The Labute approximate surface area is 196 Å². The molecule has 33 heavy (non-hydrogen) atoms. The summed E-state index contributed by atoms with van der Waals surface area (Å²) in [5.74, 6) is 0.319. The zero-order valence-corrected chi connectivity index (χ0v) is 19.5. The molecule has 1 aromatic rings. The lowest BCUT2D eigenvalue weighted by atomic mass is 9.79. The van der Waals surface area contributed by atoms with Crippen molar-refractivity contribution in [3.63, 3.8) is 0 Å². The van der Waals surface area contributed by atoms with Crippen LogP contribution in [0.5, 0.6) is 0 Å². The average molecular weight is 454 g/mol. The van der Waals surface area contributed by atoms with Gasteiger partial charge in [-0.05, 0) is 68.1 Å². The number of amides is 2. The van der Waals surface area contributed by atoms with Crippen LogP contribution in [0.4, 0.5) is 4.39 Å². The van der Waals surface area contributed by atoms with Crippen molar-refractivity contribution >= 4 is 11.8 Å². The van der Waals surface area contributed by atoms with Crippen LogP contribution in [0.25, 0.3) is 0 Å². The zero-order valence-electron chi connectivity index (χ0n) is 19.5. The Balaban J connectivity index is 1.26.